The molecule has 0 spiro atoms. The maximum atomic E-state index is 9.23. The monoisotopic (exact) mass is 200 g/mol. The fourth-order valence-electron chi connectivity index (χ4n) is 0.904. The zero-order valence-electron chi connectivity index (χ0n) is 8.05. The molecule has 1 heterocycles. The zero-order chi connectivity index (χ0) is 9.68. The molecule has 13 heavy (non-hydrogen) atoms. The van der Waals surface area contributed by atoms with Gasteiger partial charge in [-0.3, -0.25) is 4.68 Å². The molecule has 0 saturated carbocycles. The lowest BCUT2D eigenvalue weighted by atomic mass is 10.3. The highest BCUT2D eigenvalue weighted by Crippen LogP contribution is 2.13. The predicted molar refractivity (Wildman–Crippen MR) is 55.8 cm³/mol. The van der Waals surface area contributed by atoms with Gasteiger partial charge in [-0.2, -0.15) is 16.9 Å². The smallest absolute Gasteiger partial charge is 0.0628 e. The van der Waals surface area contributed by atoms with Crippen molar-refractivity contribution < 1.29 is 5.11 Å². The molecule has 1 aromatic rings. The molecule has 74 valence electrons. The van der Waals surface area contributed by atoms with Crippen LogP contribution in [0, 0.1) is 0 Å². The van der Waals surface area contributed by atoms with E-state index in [-0.39, 0.29) is 6.10 Å². The number of hydrogen-bond donors (Lipinski definition) is 1. The first-order chi connectivity index (χ1) is 6.20. The van der Waals surface area contributed by atoms with Crippen molar-refractivity contribution in [1.82, 2.24) is 9.78 Å². The Bertz CT molecular complexity index is 224. The van der Waals surface area contributed by atoms with Gasteiger partial charge in [-0.25, -0.2) is 0 Å². The number of nitrogens with zero attached hydrogens (tertiary/aromatic N) is 2. The van der Waals surface area contributed by atoms with Crippen molar-refractivity contribution in [2.45, 2.75) is 31.7 Å². The Labute approximate surface area is 83.1 Å². The van der Waals surface area contributed by atoms with Crippen molar-refractivity contribution in [3.8, 4) is 0 Å². The van der Waals surface area contributed by atoms with Crippen LogP contribution in [0.4, 0.5) is 0 Å². The van der Waals surface area contributed by atoms with E-state index in [1.165, 1.54) is 0 Å². The molecule has 0 fully saturated rings. The second-order valence-corrected chi connectivity index (χ2v) is 4.57. The predicted octanol–water partition coefficient (Wildman–Crippen LogP) is 1.39. The van der Waals surface area contributed by atoms with Crippen molar-refractivity contribution >= 4 is 11.8 Å². The molecule has 0 radical (unpaired) electrons. The highest BCUT2D eigenvalue weighted by molar-refractivity contribution is 7.99. The third-order valence-corrected chi connectivity index (χ3v) is 3.28. The van der Waals surface area contributed by atoms with Gasteiger partial charge in [0.2, 0.25) is 0 Å². The zero-order valence-corrected chi connectivity index (χ0v) is 8.87. The molecular formula is C9H16N2OS. The molecule has 0 aliphatic heterocycles. The fraction of sp³-hybridized carbons (Fsp3) is 0.667. The fourth-order valence-corrected chi connectivity index (χ4v) is 1.85. The molecule has 0 aliphatic carbocycles. The van der Waals surface area contributed by atoms with E-state index in [9.17, 15) is 5.11 Å². The van der Waals surface area contributed by atoms with E-state index >= 15 is 0 Å². The van der Waals surface area contributed by atoms with Crippen LogP contribution in [0.3, 0.4) is 0 Å². The summed E-state index contributed by atoms with van der Waals surface area (Å²) in [5, 5.41) is 13.6. The number of aliphatic hydroxyl groups is 1. The summed E-state index contributed by atoms with van der Waals surface area (Å²) < 4.78 is 1.90. The molecule has 4 heteroatoms. The Morgan fingerprint density at radius 1 is 1.54 bits per heavy atom. The highest BCUT2D eigenvalue weighted by Gasteiger charge is 2.08. The molecular weight excluding hydrogens is 184 g/mol. The Morgan fingerprint density at radius 2 is 2.31 bits per heavy atom. The molecule has 0 amide bonds. The average molecular weight is 200 g/mol. The summed E-state index contributed by atoms with van der Waals surface area (Å²) in [5.74, 6) is 0.994. The van der Waals surface area contributed by atoms with E-state index in [2.05, 4.69) is 5.10 Å². The van der Waals surface area contributed by atoms with E-state index in [0.717, 1.165) is 12.3 Å². The van der Waals surface area contributed by atoms with E-state index < -0.39 is 0 Å². The molecule has 0 bridgehead atoms. The van der Waals surface area contributed by atoms with Crippen LogP contribution in [-0.4, -0.2) is 32.0 Å². The molecule has 2 unspecified atom stereocenters. The van der Waals surface area contributed by atoms with Gasteiger partial charge in [-0.05, 0) is 13.0 Å². The first-order valence-electron chi connectivity index (χ1n) is 4.47. The Kier molecular flexibility index (Phi) is 4.32. The molecule has 0 aromatic carbocycles. The first kappa shape index (κ1) is 10.6. The third-order valence-electron chi connectivity index (χ3n) is 1.94. The number of rotatable bonds is 5. The van der Waals surface area contributed by atoms with Gasteiger partial charge in [-0.1, -0.05) is 6.92 Å². The van der Waals surface area contributed by atoms with Gasteiger partial charge < -0.3 is 5.11 Å². The Balaban J connectivity index is 2.14. The van der Waals surface area contributed by atoms with Gasteiger partial charge in [0.05, 0.1) is 6.10 Å². The van der Waals surface area contributed by atoms with Crippen LogP contribution in [0.5, 0.6) is 0 Å². The van der Waals surface area contributed by atoms with Crippen molar-refractivity contribution in [2.75, 3.05) is 5.75 Å². The van der Waals surface area contributed by atoms with Crippen molar-refractivity contribution in [1.29, 1.82) is 0 Å². The molecule has 2 atom stereocenters. The van der Waals surface area contributed by atoms with Crippen molar-refractivity contribution in [3.05, 3.63) is 18.5 Å². The van der Waals surface area contributed by atoms with E-state index in [0.29, 0.717) is 5.25 Å². The van der Waals surface area contributed by atoms with Crippen LogP contribution < -0.4 is 0 Å². The van der Waals surface area contributed by atoms with Crippen LogP contribution in [-0.2, 0) is 6.54 Å². The second-order valence-electron chi connectivity index (χ2n) is 3.09. The summed E-state index contributed by atoms with van der Waals surface area (Å²) in [5.41, 5.74) is 0. The molecule has 1 aromatic heterocycles. The quantitative estimate of drug-likeness (QED) is 0.780. The van der Waals surface area contributed by atoms with Gasteiger partial charge in [0.25, 0.3) is 0 Å². The normalized spacial score (nSPS) is 15.6. The Morgan fingerprint density at radius 3 is 2.85 bits per heavy atom. The SMILES string of the molecule is CC(O)C(C)SCCn1cccn1. The Hall–Kier alpha value is -0.480. The lowest BCUT2D eigenvalue weighted by molar-refractivity contribution is 0.196. The maximum Gasteiger partial charge on any atom is 0.0628 e. The number of thioether (sulfide) groups is 1. The lowest BCUT2D eigenvalue weighted by Crippen LogP contribution is -2.16. The van der Waals surface area contributed by atoms with Crippen LogP contribution >= 0.6 is 11.8 Å². The van der Waals surface area contributed by atoms with Crippen LogP contribution in [0.15, 0.2) is 18.5 Å². The minimum absolute atomic E-state index is 0.234. The van der Waals surface area contributed by atoms with Crippen molar-refractivity contribution in [3.63, 3.8) is 0 Å². The molecule has 1 N–H and O–H groups in total. The lowest BCUT2D eigenvalue weighted by Gasteiger charge is -2.13. The van der Waals surface area contributed by atoms with Crippen LogP contribution in [0.2, 0.25) is 0 Å². The minimum atomic E-state index is -0.234. The molecule has 0 aliphatic rings. The summed E-state index contributed by atoms with van der Waals surface area (Å²) >= 11 is 1.77. The van der Waals surface area contributed by atoms with Crippen LogP contribution in [0.1, 0.15) is 13.8 Å². The van der Waals surface area contributed by atoms with E-state index in [1.807, 2.05) is 30.8 Å². The van der Waals surface area contributed by atoms with E-state index in [4.69, 9.17) is 0 Å². The average Bonchev–Trinajstić information content (AvgIpc) is 2.56. The van der Waals surface area contributed by atoms with Crippen molar-refractivity contribution in [2.24, 2.45) is 0 Å². The van der Waals surface area contributed by atoms with Crippen LogP contribution in [0.25, 0.3) is 0 Å². The maximum absolute atomic E-state index is 9.23. The number of aromatic nitrogens is 2. The molecule has 1 rings (SSSR count). The van der Waals surface area contributed by atoms with Gasteiger partial charge >= 0.3 is 0 Å². The summed E-state index contributed by atoms with van der Waals surface area (Å²) in [7, 11) is 0. The number of aliphatic hydroxyl groups excluding tert-OH is 1. The summed E-state index contributed by atoms with van der Waals surface area (Å²) in [6, 6.07) is 1.92. The standard InChI is InChI=1S/C9H16N2OS/c1-8(12)9(2)13-7-6-11-5-3-4-10-11/h3-5,8-9,12H,6-7H2,1-2H3. The number of hydrogen-bond acceptors (Lipinski definition) is 3. The third kappa shape index (κ3) is 3.83. The second kappa shape index (κ2) is 5.29. The summed E-state index contributed by atoms with van der Waals surface area (Å²) in [4.78, 5) is 0. The first-order valence-corrected chi connectivity index (χ1v) is 5.52. The van der Waals surface area contributed by atoms with E-state index in [1.54, 1.807) is 18.0 Å². The van der Waals surface area contributed by atoms with Gasteiger partial charge in [0.1, 0.15) is 0 Å². The highest BCUT2D eigenvalue weighted by atomic mass is 32.2. The van der Waals surface area contributed by atoms with Gasteiger partial charge in [0.15, 0.2) is 0 Å². The van der Waals surface area contributed by atoms with Gasteiger partial charge in [0, 0.05) is 29.9 Å². The van der Waals surface area contributed by atoms with Gasteiger partial charge in [-0.15, -0.1) is 0 Å². The summed E-state index contributed by atoms with van der Waals surface area (Å²) in [6.45, 7) is 4.78. The molecule has 0 saturated heterocycles. The summed E-state index contributed by atoms with van der Waals surface area (Å²) in [6.07, 6.45) is 3.50. The minimum Gasteiger partial charge on any atom is -0.392 e. The largest absolute Gasteiger partial charge is 0.392 e. The molecule has 3 nitrogen and oxygen atoms in total. The topological polar surface area (TPSA) is 38.0 Å². The number of aryl methyl sites for hydroxylation is 1.